The first-order valence-electron chi connectivity index (χ1n) is 7.97. The number of halogens is 3. The molecule has 9 heteroatoms. The summed E-state index contributed by atoms with van der Waals surface area (Å²) in [6.45, 7) is 4.71. The fraction of sp³-hybridized carbons (Fsp3) is 0.733. The molecule has 136 valence electrons. The van der Waals surface area contributed by atoms with E-state index in [2.05, 4.69) is 34.5 Å². The number of guanidine groups is 1. The summed E-state index contributed by atoms with van der Waals surface area (Å²) in [4.78, 5) is 10.1. The van der Waals surface area contributed by atoms with Crippen LogP contribution in [-0.4, -0.2) is 54.7 Å². The highest BCUT2D eigenvalue weighted by Crippen LogP contribution is 2.20. The van der Waals surface area contributed by atoms with Gasteiger partial charge in [0.15, 0.2) is 5.96 Å². The molecule has 0 aliphatic carbocycles. The number of aliphatic imine (C=N–C) groups is 1. The van der Waals surface area contributed by atoms with Crippen molar-refractivity contribution < 1.29 is 13.2 Å². The zero-order valence-electron chi connectivity index (χ0n) is 14.2. The molecule has 0 aromatic carbocycles. The lowest BCUT2D eigenvalue weighted by atomic mass is 10.2. The summed E-state index contributed by atoms with van der Waals surface area (Å²) in [5.74, 6) is 0.987. The smallest absolute Gasteiger partial charge is 0.352 e. The van der Waals surface area contributed by atoms with Crippen LogP contribution in [-0.2, 0) is 6.54 Å². The largest absolute Gasteiger partial charge is 0.401 e. The molecule has 5 nitrogen and oxygen atoms in total. The first-order chi connectivity index (χ1) is 11.3. The van der Waals surface area contributed by atoms with Crippen molar-refractivity contribution in [2.45, 2.75) is 44.9 Å². The fourth-order valence-corrected chi connectivity index (χ4v) is 3.46. The molecule has 1 aliphatic heterocycles. The van der Waals surface area contributed by atoms with Gasteiger partial charge < -0.3 is 10.6 Å². The number of likely N-dealkylation sites (tertiary alicyclic amines) is 1. The second-order valence-electron chi connectivity index (χ2n) is 6.23. The van der Waals surface area contributed by atoms with Gasteiger partial charge in [-0.25, -0.2) is 4.98 Å². The number of nitrogens with zero attached hydrogens (tertiary/aromatic N) is 3. The molecule has 2 N–H and O–H groups in total. The first-order valence-corrected chi connectivity index (χ1v) is 8.85. The molecule has 0 bridgehead atoms. The summed E-state index contributed by atoms with van der Waals surface area (Å²) >= 11 is 1.59. The van der Waals surface area contributed by atoms with E-state index in [1.54, 1.807) is 18.4 Å². The lowest BCUT2D eigenvalue weighted by Crippen LogP contribution is -2.44. The Labute approximate surface area is 144 Å². The van der Waals surface area contributed by atoms with Crippen LogP contribution in [0.15, 0.2) is 10.4 Å². The van der Waals surface area contributed by atoms with Gasteiger partial charge >= 0.3 is 6.18 Å². The van der Waals surface area contributed by atoms with E-state index < -0.39 is 12.7 Å². The number of thiazole rings is 1. The quantitative estimate of drug-likeness (QED) is 0.624. The van der Waals surface area contributed by atoms with Crippen LogP contribution in [0.4, 0.5) is 13.2 Å². The molecule has 1 unspecified atom stereocenters. The van der Waals surface area contributed by atoms with Gasteiger partial charge in [-0.2, -0.15) is 13.2 Å². The van der Waals surface area contributed by atoms with E-state index in [4.69, 9.17) is 0 Å². The maximum absolute atomic E-state index is 12.4. The van der Waals surface area contributed by atoms with Crippen LogP contribution in [0, 0.1) is 0 Å². The maximum atomic E-state index is 12.4. The zero-order chi connectivity index (χ0) is 17.7. The molecule has 0 radical (unpaired) electrons. The monoisotopic (exact) mass is 363 g/mol. The summed E-state index contributed by atoms with van der Waals surface area (Å²) in [6, 6.07) is -0.0268. The molecular weight excluding hydrogens is 339 g/mol. The van der Waals surface area contributed by atoms with E-state index in [0.29, 0.717) is 37.9 Å². The summed E-state index contributed by atoms with van der Waals surface area (Å²) in [7, 11) is 1.65. The Morgan fingerprint density at radius 3 is 2.83 bits per heavy atom. The van der Waals surface area contributed by atoms with Crippen LogP contribution in [0.2, 0.25) is 0 Å². The van der Waals surface area contributed by atoms with E-state index in [-0.39, 0.29) is 6.04 Å². The number of hydrogen-bond acceptors (Lipinski definition) is 4. The van der Waals surface area contributed by atoms with Crippen LogP contribution < -0.4 is 10.6 Å². The molecule has 0 saturated carbocycles. The Bertz CT molecular complexity index is 556. The van der Waals surface area contributed by atoms with E-state index in [9.17, 15) is 13.2 Å². The molecular formula is C15H24F3N5S. The molecule has 24 heavy (non-hydrogen) atoms. The summed E-state index contributed by atoms with van der Waals surface area (Å²) in [5.41, 5.74) is 1.07. The van der Waals surface area contributed by atoms with Crippen LogP contribution in [0.5, 0.6) is 0 Å². The molecule has 1 fully saturated rings. The first kappa shape index (κ1) is 19.0. The zero-order valence-corrected chi connectivity index (χ0v) is 15.0. The highest BCUT2D eigenvalue weighted by Gasteiger charge is 2.34. The van der Waals surface area contributed by atoms with Crippen LogP contribution in [0.3, 0.4) is 0 Å². The van der Waals surface area contributed by atoms with Gasteiger partial charge in [-0.1, -0.05) is 13.8 Å². The Balaban J connectivity index is 1.78. The van der Waals surface area contributed by atoms with Crippen molar-refractivity contribution in [3.05, 3.63) is 16.1 Å². The van der Waals surface area contributed by atoms with Gasteiger partial charge in [0.05, 0.1) is 18.8 Å². The lowest BCUT2D eigenvalue weighted by molar-refractivity contribution is -0.143. The molecule has 1 aliphatic rings. The average Bonchev–Trinajstić information content (AvgIpc) is 3.11. The Kier molecular flexibility index (Phi) is 6.45. The third-order valence-corrected chi connectivity index (χ3v) is 4.67. The Morgan fingerprint density at radius 2 is 2.25 bits per heavy atom. The molecule has 1 aromatic rings. The highest BCUT2D eigenvalue weighted by atomic mass is 32.1. The molecule has 2 heterocycles. The number of hydrogen-bond donors (Lipinski definition) is 2. The molecule has 1 aromatic heterocycles. The van der Waals surface area contributed by atoms with Gasteiger partial charge in [0.25, 0.3) is 0 Å². The summed E-state index contributed by atoms with van der Waals surface area (Å²) < 4.78 is 37.3. The molecule has 1 atom stereocenters. The van der Waals surface area contributed by atoms with Crippen molar-refractivity contribution >= 4 is 17.3 Å². The van der Waals surface area contributed by atoms with Crippen molar-refractivity contribution in [2.75, 3.05) is 26.7 Å². The van der Waals surface area contributed by atoms with E-state index in [1.165, 1.54) is 4.90 Å². The molecule has 1 saturated heterocycles. The normalized spacial score (nSPS) is 20.0. The van der Waals surface area contributed by atoms with Gasteiger partial charge in [-0.15, -0.1) is 11.3 Å². The number of alkyl halides is 3. The molecule has 2 rings (SSSR count). The SMILES string of the molecule is CN=C(NCc1nc(C(C)C)cs1)NC1CCN(CC(F)(F)F)C1. The fourth-order valence-electron chi connectivity index (χ4n) is 2.57. The van der Waals surface area contributed by atoms with Crippen molar-refractivity contribution in [1.82, 2.24) is 20.5 Å². The minimum absolute atomic E-state index is 0.0268. The van der Waals surface area contributed by atoms with Gasteiger partial charge in [-0.3, -0.25) is 9.89 Å². The second kappa shape index (κ2) is 8.15. The van der Waals surface area contributed by atoms with Crippen molar-refractivity contribution in [3.8, 4) is 0 Å². The van der Waals surface area contributed by atoms with Gasteiger partial charge in [0.1, 0.15) is 5.01 Å². The van der Waals surface area contributed by atoms with Gasteiger partial charge in [0, 0.05) is 31.6 Å². The molecule has 0 amide bonds. The minimum atomic E-state index is -4.15. The Morgan fingerprint density at radius 1 is 1.50 bits per heavy atom. The Hall–Kier alpha value is -1.35. The van der Waals surface area contributed by atoms with Crippen LogP contribution >= 0.6 is 11.3 Å². The maximum Gasteiger partial charge on any atom is 0.401 e. The van der Waals surface area contributed by atoms with Gasteiger partial charge in [-0.05, 0) is 12.3 Å². The number of rotatable bonds is 5. The van der Waals surface area contributed by atoms with E-state index >= 15 is 0 Å². The molecule has 0 spiro atoms. The third kappa shape index (κ3) is 5.94. The van der Waals surface area contributed by atoms with Crippen molar-refractivity contribution in [3.63, 3.8) is 0 Å². The average molecular weight is 363 g/mol. The van der Waals surface area contributed by atoms with Crippen molar-refractivity contribution in [1.29, 1.82) is 0 Å². The number of aromatic nitrogens is 1. The van der Waals surface area contributed by atoms with Crippen LogP contribution in [0.25, 0.3) is 0 Å². The van der Waals surface area contributed by atoms with E-state index in [1.807, 2.05) is 5.38 Å². The van der Waals surface area contributed by atoms with Crippen LogP contribution in [0.1, 0.15) is 36.9 Å². The topological polar surface area (TPSA) is 52.6 Å². The van der Waals surface area contributed by atoms with Gasteiger partial charge in [0.2, 0.25) is 0 Å². The highest BCUT2D eigenvalue weighted by molar-refractivity contribution is 7.09. The van der Waals surface area contributed by atoms with E-state index in [0.717, 1.165) is 10.7 Å². The van der Waals surface area contributed by atoms with Crippen molar-refractivity contribution in [2.24, 2.45) is 4.99 Å². The number of nitrogens with one attached hydrogen (secondary N) is 2. The lowest BCUT2D eigenvalue weighted by Gasteiger charge is -2.19. The second-order valence-corrected chi connectivity index (χ2v) is 7.17. The minimum Gasteiger partial charge on any atom is -0.352 e. The third-order valence-electron chi connectivity index (χ3n) is 3.81. The summed E-state index contributed by atoms with van der Waals surface area (Å²) in [5, 5.41) is 9.37. The summed E-state index contributed by atoms with van der Waals surface area (Å²) in [6.07, 6.45) is -3.47. The predicted molar refractivity (Wildman–Crippen MR) is 90.4 cm³/mol. The predicted octanol–water partition coefficient (Wildman–Crippen LogP) is 2.57. The standard InChI is InChI=1S/C15H24F3N5S/c1-10(2)12-8-24-13(22-12)6-20-14(19-3)21-11-4-5-23(7-11)9-15(16,17)18/h8,10-11H,4-7,9H2,1-3H3,(H2,19,20,21).